The summed E-state index contributed by atoms with van der Waals surface area (Å²) in [4.78, 5) is 29.0. The molecule has 2 heterocycles. The fourth-order valence-electron chi connectivity index (χ4n) is 2.04. The quantitative estimate of drug-likeness (QED) is 0.677. The van der Waals surface area contributed by atoms with Gasteiger partial charge in [0.05, 0.1) is 10.5 Å². The van der Waals surface area contributed by atoms with E-state index in [1.165, 1.54) is 6.20 Å². The number of amides is 2. The van der Waals surface area contributed by atoms with Crippen molar-refractivity contribution in [2.45, 2.75) is 6.92 Å². The third kappa shape index (κ3) is 3.52. The number of nitrogens with zero attached hydrogens (tertiary/aromatic N) is 2. The molecule has 120 valence electrons. The second-order valence-electron chi connectivity index (χ2n) is 5.11. The first-order valence-corrected chi connectivity index (χ1v) is 8.33. The number of hydrogen-bond acceptors (Lipinski definition) is 5. The van der Waals surface area contributed by atoms with Crippen molar-refractivity contribution < 1.29 is 9.59 Å². The molecule has 1 N–H and O–H groups in total. The number of benzene rings is 1. The Morgan fingerprint density at radius 2 is 2.04 bits per heavy atom. The van der Waals surface area contributed by atoms with Gasteiger partial charge in [-0.3, -0.25) is 20.0 Å². The van der Waals surface area contributed by atoms with E-state index in [1.54, 1.807) is 24.4 Å². The number of thioether (sulfide) groups is 1. The van der Waals surface area contributed by atoms with Gasteiger partial charge in [-0.25, -0.2) is 0 Å². The highest BCUT2D eigenvalue weighted by atomic mass is 32.2. The molecule has 0 aliphatic carbocycles. The predicted octanol–water partition coefficient (Wildman–Crippen LogP) is 2.94. The number of hydrogen-bond donors (Lipinski definition) is 1. The molecule has 1 saturated heterocycles. The average molecular weight is 355 g/mol. The minimum absolute atomic E-state index is 0.288. The van der Waals surface area contributed by atoms with Crippen LogP contribution in [0.3, 0.4) is 0 Å². The van der Waals surface area contributed by atoms with Gasteiger partial charge in [0.1, 0.15) is 0 Å². The molecule has 0 atom stereocenters. The summed E-state index contributed by atoms with van der Waals surface area (Å²) in [5, 5.41) is 1.09. The molecule has 2 aromatic rings. The maximum Gasteiger partial charge on any atom is 0.285 e. The number of thiocarbonyl (C=S) groups is 1. The van der Waals surface area contributed by atoms with Crippen LogP contribution in [-0.4, -0.2) is 26.1 Å². The monoisotopic (exact) mass is 355 g/mol. The molecule has 1 aliphatic rings. The molecule has 24 heavy (non-hydrogen) atoms. The lowest BCUT2D eigenvalue weighted by molar-refractivity contribution is -0.123. The largest absolute Gasteiger partial charge is 0.285 e. The highest BCUT2D eigenvalue weighted by molar-refractivity contribution is 8.26. The van der Waals surface area contributed by atoms with Gasteiger partial charge in [0, 0.05) is 12.4 Å². The molecule has 0 unspecified atom stereocenters. The first kappa shape index (κ1) is 16.4. The first-order valence-electron chi connectivity index (χ1n) is 7.10. The van der Waals surface area contributed by atoms with Crippen LogP contribution in [0.5, 0.6) is 0 Å². The lowest BCUT2D eigenvalue weighted by atomic mass is 10.1. The minimum Gasteiger partial charge on any atom is -0.267 e. The molecule has 1 aromatic carbocycles. The van der Waals surface area contributed by atoms with Crippen LogP contribution < -0.4 is 5.43 Å². The normalized spacial score (nSPS) is 15.9. The van der Waals surface area contributed by atoms with Gasteiger partial charge in [-0.1, -0.05) is 41.6 Å². The highest BCUT2D eigenvalue weighted by Crippen LogP contribution is 2.31. The fourth-order valence-corrected chi connectivity index (χ4v) is 3.22. The van der Waals surface area contributed by atoms with E-state index in [2.05, 4.69) is 10.4 Å². The first-order chi connectivity index (χ1) is 11.5. The van der Waals surface area contributed by atoms with Crippen molar-refractivity contribution in [1.82, 2.24) is 15.4 Å². The smallest absolute Gasteiger partial charge is 0.267 e. The van der Waals surface area contributed by atoms with Crippen molar-refractivity contribution in [3.05, 3.63) is 70.4 Å². The molecule has 3 rings (SSSR count). The third-order valence-corrected chi connectivity index (χ3v) is 4.61. The summed E-state index contributed by atoms with van der Waals surface area (Å²) >= 11 is 6.35. The molecule has 7 heteroatoms. The van der Waals surface area contributed by atoms with Crippen molar-refractivity contribution in [3.8, 4) is 0 Å². The molecule has 1 aromatic heterocycles. The Morgan fingerprint density at radius 1 is 1.29 bits per heavy atom. The van der Waals surface area contributed by atoms with Crippen molar-refractivity contribution >= 4 is 46.2 Å². The standard InChI is InChI=1S/C17H13N3O2S2/c1-11-4-6-12(7-5-11)9-14-16(22)20(17(23)24-14)19-15(21)13-3-2-8-18-10-13/h2-10H,1H3,(H,19,21)/b14-9-. The SMILES string of the molecule is Cc1ccc(/C=C2\SC(=S)N(NC(=O)c3cccnc3)C2=O)cc1. The number of aromatic nitrogens is 1. The van der Waals surface area contributed by atoms with Gasteiger partial charge in [0.15, 0.2) is 4.32 Å². The highest BCUT2D eigenvalue weighted by Gasteiger charge is 2.33. The molecule has 0 bridgehead atoms. The zero-order valence-corrected chi connectivity index (χ0v) is 14.4. The molecule has 2 amide bonds. The van der Waals surface area contributed by atoms with E-state index in [0.717, 1.165) is 27.9 Å². The Balaban J connectivity index is 1.77. The topological polar surface area (TPSA) is 62.3 Å². The number of hydrazine groups is 1. The summed E-state index contributed by atoms with van der Waals surface area (Å²) in [6.45, 7) is 2.00. The number of nitrogens with one attached hydrogen (secondary N) is 1. The number of carbonyl (C=O) groups excluding carboxylic acids is 2. The fraction of sp³-hybridized carbons (Fsp3) is 0.0588. The molecule has 0 radical (unpaired) electrons. The summed E-state index contributed by atoms with van der Waals surface area (Å²) in [5.41, 5.74) is 4.92. The summed E-state index contributed by atoms with van der Waals surface area (Å²) in [6, 6.07) is 11.1. The Labute approximate surface area is 148 Å². The summed E-state index contributed by atoms with van der Waals surface area (Å²) in [5.74, 6) is -0.779. The number of aryl methyl sites for hydroxylation is 1. The molecular formula is C17H13N3O2S2. The van der Waals surface area contributed by atoms with Crippen molar-refractivity contribution in [2.24, 2.45) is 0 Å². The van der Waals surface area contributed by atoms with Crippen LogP contribution in [0.15, 0.2) is 53.7 Å². The molecular weight excluding hydrogens is 342 g/mol. The Bertz CT molecular complexity index is 833. The molecule has 1 aliphatic heterocycles. The lowest BCUT2D eigenvalue weighted by Crippen LogP contribution is -2.44. The lowest BCUT2D eigenvalue weighted by Gasteiger charge is -2.15. The predicted molar refractivity (Wildman–Crippen MR) is 97.9 cm³/mol. The van der Waals surface area contributed by atoms with Crippen molar-refractivity contribution in [3.63, 3.8) is 0 Å². The van der Waals surface area contributed by atoms with Crippen molar-refractivity contribution in [1.29, 1.82) is 0 Å². The van der Waals surface area contributed by atoms with E-state index in [0.29, 0.717) is 10.5 Å². The van der Waals surface area contributed by atoms with Gasteiger partial charge >= 0.3 is 0 Å². The summed E-state index contributed by atoms with van der Waals surface area (Å²) in [7, 11) is 0. The Hall–Kier alpha value is -2.51. The van der Waals surface area contributed by atoms with E-state index in [-0.39, 0.29) is 10.2 Å². The zero-order chi connectivity index (χ0) is 17.1. The van der Waals surface area contributed by atoms with Gasteiger partial charge in [0.2, 0.25) is 0 Å². The second-order valence-corrected chi connectivity index (χ2v) is 6.79. The minimum atomic E-state index is -0.434. The number of rotatable bonds is 3. The zero-order valence-electron chi connectivity index (χ0n) is 12.7. The van der Waals surface area contributed by atoms with Gasteiger partial charge in [-0.05, 0) is 42.9 Å². The van der Waals surface area contributed by atoms with Gasteiger partial charge in [-0.15, -0.1) is 0 Å². The van der Waals surface area contributed by atoms with Crippen LogP contribution in [0.4, 0.5) is 0 Å². The molecule has 1 fully saturated rings. The van der Waals surface area contributed by atoms with Crippen LogP contribution in [-0.2, 0) is 4.79 Å². The molecule has 5 nitrogen and oxygen atoms in total. The van der Waals surface area contributed by atoms with E-state index < -0.39 is 5.91 Å². The van der Waals surface area contributed by atoms with E-state index >= 15 is 0 Å². The van der Waals surface area contributed by atoms with Crippen LogP contribution in [0.1, 0.15) is 21.5 Å². The van der Waals surface area contributed by atoms with E-state index in [4.69, 9.17) is 12.2 Å². The van der Waals surface area contributed by atoms with Gasteiger partial charge in [-0.2, -0.15) is 5.01 Å². The van der Waals surface area contributed by atoms with Gasteiger partial charge in [0.25, 0.3) is 11.8 Å². The third-order valence-electron chi connectivity index (χ3n) is 3.31. The average Bonchev–Trinajstić information content (AvgIpc) is 2.85. The van der Waals surface area contributed by atoms with Crippen molar-refractivity contribution in [2.75, 3.05) is 0 Å². The second kappa shape index (κ2) is 6.94. The summed E-state index contributed by atoms with van der Waals surface area (Å²) in [6.07, 6.45) is 4.75. The van der Waals surface area contributed by atoms with Crippen LogP contribution in [0.25, 0.3) is 6.08 Å². The van der Waals surface area contributed by atoms with Gasteiger partial charge < -0.3 is 0 Å². The summed E-state index contributed by atoms with van der Waals surface area (Å²) < 4.78 is 0.288. The van der Waals surface area contributed by atoms with E-state index in [9.17, 15) is 9.59 Å². The van der Waals surface area contributed by atoms with E-state index in [1.807, 2.05) is 31.2 Å². The number of pyridine rings is 1. The molecule has 0 saturated carbocycles. The number of carbonyl (C=O) groups is 2. The van der Waals surface area contributed by atoms with Crippen LogP contribution in [0.2, 0.25) is 0 Å². The van der Waals surface area contributed by atoms with Crippen LogP contribution >= 0.6 is 24.0 Å². The molecule has 0 spiro atoms. The Kier molecular flexibility index (Phi) is 4.73. The van der Waals surface area contributed by atoms with Crippen LogP contribution in [0, 0.1) is 6.92 Å². The Morgan fingerprint density at radius 3 is 2.71 bits per heavy atom. The maximum atomic E-state index is 12.5. The maximum absolute atomic E-state index is 12.5.